The Morgan fingerprint density at radius 3 is 2.74 bits per heavy atom. The van der Waals surface area contributed by atoms with Gasteiger partial charge in [-0.25, -0.2) is 4.39 Å². The quantitative estimate of drug-likeness (QED) is 0.927. The standard InChI is InChI=1S/C19H19FN2O/c20-17-10-15(13-21)11-18(12-17)23-19-4-2-1-3-16(19)9-14-5-7-22-8-6-14/h1-4,10-12,14,22H,5-9H2. The van der Waals surface area contributed by atoms with Gasteiger partial charge in [-0.2, -0.15) is 5.26 Å². The van der Waals surface area contributed by atoms with E-state index in [4.69, 9.17) is 10.00 Å². The van der Waals surface area contributed by atoms with Crippen LogP contribution in [-0.4, -0.2) is 13.1 Å². The predicted molar refractivity (Wildman–Crippen MR) is 86.9 cm³/mol. The summed E-state index contributed by atoms with van der Waals surface area (Å²) in [5.74, 6) is 1.28. The Labute approximate surface area is 135 Å². The molecule has 0 saturated carbocycles. The van der Waals surface area contributed by atoms with Gasteiger partial charge in [0.2, 0.25) is 0 Å². The van der Waals surface area contributed by atoms with Gasteiger partial charge in [0.15, 0.2) is 0 Å². The summed E-state index contributed by atoms with van der Waals surface area (Å²) in [5, 5.41) is 12.3. The van der Waals surface area contributed by atoms with Gasteiger partial charge in [0, 0.05) is 6.07 Å². The van der Waals surface area contributed by atoms with Crippen LogP contribution in [0.15, 0.2) is 42.5 Å². The fourth-order valence-electron chi connectivity index (χ4n) is 2.98. The number of ether oxygens (including phenoxy) is 1. The molecular weight excluding hydrogens is 291 g/mol. The van der Waals surface area contributed by atoms with Crippen molar-refractivity contribution in [1.29, 1.82) is 5.26 Å². The highest BCUT2D eigenvalue weighted by Crippen LogP contribution is 2.30. The molecule has 2 aromatic rings. The van der Waals surface area contributed by atoms with Crippen molar-refractivity contribution in [2.75, 3.05) is 13.1 Å². The van der Waals surface area contributed by atoms with Crippen molar-refractivity contribution in [2.24, 2.45) is 5.92 Å². The molecule has 1 heterocycles. The Kier molecular flexibility index (Phi) is 4.89. The number of nitriles is 1. The second kappa shape index (κ2) is 7.26. The fraction of sp³-hybridized carbons (Fsp3) is 0.316. The highest BCUT2D eigenvalue weighted by Gasteiger charge is 2.16. The largest absolute Gasteiger partial charge is 0.457 e. The lowest BCUT2D eigenvalue weighted by atomic mass is 9.90. The van der Waals surface area contributed by atoms with Crippen LogP contribution < -0.4 is 10.1 Å². The molecule has 118 valence electrons. The molecule has 1 fully saturated rings. The molecule has 0 bridgehead atoms. The first-order valence-corrected chi connectivity index (χ1v) is 7.92. The van der Waals surface area contributed by atoms with Crippen LogP contribution in [0.25, 0.3) is 0 Å². The number of para-hydroxylation sites is 1. The van der Waals surface area contributed by atoms with Crippen molar-refractivity contribution < 1.29 is 9.13 Å². The molecule has 3 rings (SSSR count). The molecule has 0 aromatic heterocycles. The third-order valence-electron chi connectivity index (χ3n) is 4.17. The molecule has 23 heavy (non-hydrogen) atoms. The highest BCUT2D eigenvalue weighted by atomic mass is 19.1. The molecule has 3 nitrogen and oxygen atoms in total. The van der Waals surface area contributed by atoms with Gasteiger partial charge in [0.1, 0.15) is 17.3 Å². The molecule has 2 aromatic carbocycles. The number of piperidine rings is 1. The minimum absolute atomic E-state index is 0.260. The monoisotopic (exact) mass is 310 g/mol. The molecule has 4 heteroatoms. The van der Waals surface area contributed by atoms with Gasteiger partial charge in [-0.15, -0.1) is 0 Å². The summed E-state index contributed by atoms with van der Waals surface area (Å²) in [5.41, 5.74) is 1.39. The summed E-state index contributed by atoms with van der Waals surface area (Å²) in [6.07, 6.45) is 3.28. The molecule has 0 unspecified atom stereocenters. The van der Waals surface area contributed by atoms with Crippen LogP contribution in [0.1, 0.15) is 24.0 Å². The van der Waals surface area contributed by atoms with Crippen LogP contribution in [-0.2, 0) is 6.42 Å². The van der Waals surface area contributed by atoms with Crippen molar-refractivity contribution in [2.45, 2.75) is 19.3 Å². The van der Waals surface area contributed by atoms with Gasteiger partial charge in [0.05, 0.1) is 11.6 Å². The van der Waals surface area contributed by atoms with E-state index in [1.807, 2.05) is 24.3 Å². The van der Waals surface area contributed by atoms with Crippen LogP contribution in [0.4, 0.5) is 4.39 Å². The lowest BCUT2D eigenvalue weighted by molar-refractivity contribution is 0.367. The second-order valence-corrected chi connectivity index (χ2v) is 5.89. The summed E-state index contributed by atoms with van der Waals surface area (Å²) in [7, 11) is 0. The number of benzene rings is 2. The maximum Gasteiger partial charge on any atom is 0.131 e. The Bertz CT molecular complexity index is 718. The van der Waals surface area contributed by atoms with Crippen molar-refractivity contribution in [3.8, 4) is 17.6 Å². The zero-order valence-electron chi connectivity index (χ0n) is 12.9. The van der Waals surface area contributed by atoms with E-state index in [0.717, 1.165) is 43.7 Å². The number of rotatable bonds is 4. The molecule has 0 atom stereocenters. The molecule has 1 saturated heterocycles. The maximum absolute atomic E-state index is 13.6. The third-order valence-corrected chi connectivity index (χ3v) is 4.17. The van der Waals surface area contributed by atoms with Gasteiger partial charge >= 0.3 is 0 Å². The predicted octanol–water partition coefficient (Wildman–Crippen LogP) is 4.03. The Balaban J connectivity index is 1.80. The third kappa shape index (κ3) is 4.08. The fourth-order valence-corrected chi connectivity index (χ4v) is 2.98. The molecule has 0 spiro atoms. The molecule has 1 aliphatic rings. The van der Waals surface area contributed by atoms with Gasteiger partial charge in [-0.3, -0.25) is 0 Å². The molecule has 0 amide bonds. The molecule has 1 N–H and O–H groups in total. The summed E-state index contributed by atoms with van der Waals surface area (Å²) < 4.78 is 19.4. The van der Waals surface area contributed by atoms with E-state index in [1.54, 1.807) is 6.07 Å². The zero-order valence-corrected chi connectivity index (χ0v) is 12.9. The Morgan fingerprint density at radius 1 is 1.17 bits per heavy atom. The molecular formula is C19H19FN2O. The van der Waals surface area contributed by atoms with E-state index < -0.39 is 5.82 Å². The lowest BCUT2D eigenvalue weighted by Crippen LogP contribution is -2.28. The van der Waals surface area contributed by atoms with Crippen LogP contribution in [0.3, 0.4) is 0 Å². The van der Waals surface area contributed by atoms with Gasteiger partial charge in [-0.05, 0) is 62.0 Å². The first-order chi connectivity index (χ1) is 11.2. The van der Waals surface area contributed by atoms with Crippen molar-refractivity contribution in [1.82, 2.24) is 5.32 Å². The summed E-state index contributed by atoms with van der Waals surface area (Å²) in [4.78, 5) is 0. The van der Waals surface area contributed by atoms with Crippen molar-refractivity contribution in [3.63, 3.8) is 0 Å². The van der Waals surface area contributed by atoms with Crippen molar-refractivity contribution in [3.05, 3.63) is 59.4 Å². The first kappa shape index (κ1) is 15.5. The van der Waals surface area contributed by atoms with Gasteiger partial charge in [0.25, 0.3) is 0 Å². The number of halogens is 1. The van der Waals surface area contributed by atoms with E-state index in [0.29, 0.717) is 11.7 Å². The summed E-state index contributed by atoms with van der Waals surface area (Å²) >= 11 is 0. The topological polar surface area (TPSA) is 45.0 Å². The van der Waals surface area contributed by atoms with Crippen molar-refractivity contribution >= 4 is 0 Å². The van der Waals surface area contributed by atoms with Crippen LogP contribution >= 0.6 is 0 Å². The molecule has 0 radical (unpaired) electrons. The smallest absolute Gasteiger partial charge is 0.131 e. The summed E-state index contributed by atoms with van der Waals surface area (Å²) in [6, 6.07) is 13.9. The first-order valence-electron chi connectivity index (χ1n) is 7.92. The van der Waals surface area contributed by atoms with Gasteiger partial charge in [-0.1, -0.05) is 18.2 Å². The SMILES string of the molecule is N#Cc1cc(F)cc(Oc2ccccc2CC2CCNCC2)c1. The number of nitrogens with one attached hydrogen (secondary N) is 1. The van der Waals surface area contributed by atoms with E-state index in [-0.39, 0.29) is 5.56 Å². The average Bonchev–Trinajstić information content (AvgIpc) is 2.57. The molecule has 1 aliphatic heterocycles. The number of hydrogen-bond donors (Lipinski definition) is 1. The molecule has 0 aliphatic carbocycles. The van der Waals surface area contributed by atoms with Crippen LogP contribution in [0.2, 0.25) is 0 Å². The Morgan fingerprint density at radius 2 is 1.96 bits per heavy atom. The second-order valence-electron chi connectivity index (χ2n) is 5.89. The number of nitrogens with zero attached hydrogens (tertiary/aromatic N) is 1. The van der Waals surface area contributed by atoms with E-state index in [1.165, 1.54) is 12.1 Å². The summed E-state index contributed by atoms with van der Waals surface area (Å²) in [6.45, 7) is 2.12. The number of hydrogen-bond acceptors (Lipinski definition) is 3. The highest BCUT2D eigenvalue weighted by molar-refractivity contribution is 5.42. The van der Waals surface area contributed by atoms with E-state index in [9.17, 15) is 4.39 Å². The zero-order chi connectivity index (χ0) is 16.1. The average molecular weight is 310 g/mol. The lowest BCUT2D eigenvalue weighted by Gasteiger charge is -2.23. The Hall–Kier alpha value is -2.38. The maximum atomic E-state index is 13.6. The minimum atomic E-state index is -0.463. The minimum Gasteiger partial charge on any atom is -0.457 e. The normalized spacial score (nSPS) is 15.1. The van der Waals surface area contributed by atoms with Crippen LogP contribution in [0.5, 0.6) is 11.5 Å². The van der Waals surface area contributed by atoms with Gasteiger partial charge < -0.3 is 10.1 Å². The van der Waals surface area contributed by atoms with E-state index >= 15 is 0 Å². The van der Waals surface area contributed by atoms with E-state index in [2.05, 4.69) is 11.4 Å². The van der Waals surface area contributed by atoms with Crippen LogP contribution in [0, 0.1) is 23.1 Å².